The normalized spacial score (nSPS) is 16.6. The van der Waals surface area contributed by atoms with Crippen LogP contribution >= 0.6 is 27.5 Å². The molecule has 2 aromatic rings. The standard InChI is InChI=1S/C21H26BrClN2O2/c1-3-27-20-7-5-15(22)13-17(20)21(25-11-4-9-24-10-12-25)18-14-16(23)6-8-19(18)26-2/h5-8,13-14,21,24H,3-4,9-12H2,1-2H3. The smallest absolute Gasteiger partial charge is 0.124 e. The molecule has 1 aliphatic heterocycles. The van der Waals surface area contributed by atoms with Crippen molar-refractivity contribution in [3.8, 4) is 11.5 Å². The van der Waals surface area contributed by atoms with E-state index in [4.69, 9.17) is 21.1 Å². The van der Waals surface area contributed by atoms with E-state index in [0.717, 1.165) is 59.7 Å². The largest absolute Gasteiger partial charge is 0.496 e. The lowest BCUT2D eigenvalue weighted by molar-refractivity contribution is 0.229. The minimum Gasteiger partial charge on any atom is -0.496 e. The Morgan fingerprint density at radius 2 is 1.89 bits per heavy atom. The molecular weight excluding hydrogens is 428 g/mol. The van der Waals surface area contributed by atoms with Gasteiger partial charge in [-0.3, -0.25) is 4.90 Å². The summed E-state index contributed by atoms with van der Waals surface area (Å²) in [6, 6.07) is 12.0. The first-order valence-electron chi connectivity index (χ1n) is 9.34. The monoisotopic (exact) mass is 452 g/mol. The number of benzene rings is 2. The van der Waals surface area contributed by atoms with E-state index >= 15 is 0 Å². The van der Waals surface area contributed by atoms with Crippen LogP contribution in [0.3, 0.4) is 0 Å². The SMILES string of the molecule is CCOc1ccc(Br)cc1C(c1cc(Cl)ccc1OC)N1CCCNCC1. The van der Waals surface area contributed by atoms with E-state index in [-0.39, 0.29) is 6.04 Å². The molecule has 1 heterocycles. The minimum absolute atomic E-state index is 0.00222. The van der Waals surface area contributed by atoms with Crippen LogP contribution in [-0.4, -0.2) is 44.8 Å². The summed E-state index contributed by atoms with van der Waals surface area (Å²) in [5.41, 5.74) is 2.18. The minimum atomic E-state index is -0.00222. The molecule has 27 heavy (non-hydrogen) atoms. The second-order valence-corrected chi connectivity index (χ2v) is 7.90. The zero-order valence-electron chi connectivity index (χ0n) is 15.8. The lowest BCUT2D eigenvalue weighted by Crippen LogP contribution is -2.33. The van der Waals surface area contributed by atoms with Crippen LogP contribution in [0, 0.1) is 0 Å². The van der Waals surface area contributed by atoms with Crippen LogP contribution in [0.25, 0.3) is 0 Å². The first kappa shape index (κ1) is 20.5. The highest BCUT2D eigenvalue weighted by molar-refractivity contribution is 9.10. The van der Waals surface area contributed by atoms with E-state index in [1.165, 1.54) is 0 Å². The molecule has 6 heteroatoms. The Balaban J connectivity index is 2.16. The molecule has 2 aromatic carbocycles. The molecule has 0 spiro atoms. The van der Waals surface area contributed by atoms with Gasteiger partial charge in [-0.25, -0.2) is 0 Å². The molecule has 1 N–H and O–H groups in total. The third kappa shape index (κ3) is 4.96. The molecule has 1 unspecified atom stereocenters. The van der Waals surface area contributed by atoms with Crippen LogP contribution in [0.5, 0.6) is 11.5 Å². The molecule has 0 bridgehead atoms. The summed E-state index contributed by atoms with van der Waals surface area (Å²) < 4.78 is 12.7. The van der Waals surface area contributed by atoms with Gasteiger partial charge in [-0.15, -0.1) is 0 Å². The summed E-state index contributed by atoms with van der Waals surface area (Å²) in [6.45, 7) is 6.56. The molecule has 1 aliphatic rings. The molecule has 146 valence electrons. The van der Waals surface area contributed by atoms with Crippen LogP contribution in [-0.2, 0) is 0 Å². The Morgan fingerprint density at radius 1 is 1.11 bits per heavy atom. The quantitative estimate of drug-likeness (QED) is 0.675. The van der Waals surface area contributed by atoms with Crippen molar-refractivity contribution < 1.29 is 9.47 Å². The predicted octanol–water partition coefficient (Wildman–Crippen LogP) is 4.89. The number of methoxy groups -OCH3 is 1. The van der Waals surface area contributed by atoms with Gasteiger partial charge >= 0.3 is 0 Å². The fourth-order valence-electron chi connectivity index (χ4n) is 3.62. The van der Waals surface area contributed by atoms with Gasteiger partial charge in [-0.05, 0) is 56.3 Å². The molecule has 1 fully saturated rings. The third-order valence-electron chi connectivity index (χ3n) is 4.79. The van der Waals surface area contributed by atoms with E-state index < -0.39 is 0 Å². The number of hydrogen-bond acceptors (Lipinski definition) is 4. The van der Waals surface area contributed by atoms with Gasteiger partial charge in [0.25, 0.3) is 0 Å². The molecule has 0 aromatic heterocycles. The fourth-order valence-corrected chi connectivity index (χ4v) is 4.18. The first-order valence-corrected chi connectivity index (χ1v) is 10.5. The lowest BCUT2D eigenvalue weighted by Gasteiger charge is -2.33. The fraction of sp³-hybridized carbons (Fsp3) is 0.429. The maximum absolute atomic E-state index is 6.38. The van der Waals surface area contributed by atoms with Crippen molar-refractivity contribution in [2.45, 2.75) is 19.4 Å². The number of hydrogen-bond donors (Lipinski definition) is 1. The maximum Gasteiger partial charge on any atom is 0.124 e. The van der Waals surface area contributed by atoms with Gasteiger partial charge in [0.15, 0.2) is 0 Å². The van der Waals surface area contributed by atoms with Crippen molar-refractivity contribution in [1.82, 2.24) is 10.2 Å². The molecule has 0 aliphatic carbocycles. The van der Waals surface area contributed by atoms with Gasteiger partial charge in [0.05, 0.1) is 19.8 Å². The van der Waals surface area contributed by atoms with Crippen LogP contribution in [0.4, 0.5) is 0 Å². The Bertz CT molecular complexity index is 764. The Labute approximate surface area is 174 Å². The molecule has 3 rings (SSSR count). The summed E-state index contributed by atoms with van der Waals surface area (Å²) in [5.74, 6) is 1.73. The Morgan fingerprint density at radius 3 is 2.67 bits per heavy atom. The zero-order valence-corrected chi connectivity index (χ0v) is 18.1. The van der Waals surface area contributed by atoms with Gasteiger partial charge in [-0.2, -0.15) is 0 Å². The molecule has 0 saturated carbocycles. The lowest BCUT2D eigenvalue weighted by atomic mass is 9.95. The average Bonchev–Trinajstić information content (AvgIpc) is 2.94. The summed E-state index contributed by atoms with van der Waals surface area (Å²) in [7, 11) is 1.71. The second kappa shape index (κ2) is 9.78. The van der Waals surface area contributed by atoms with E-state index in [0.29, 0.717) is 11.6 Å². The van der Waals surface area contributed by atoms with Gasteiger partial charge in [0.2, 0.25) is 0 Å². The number of nitrogens with zero attached hydrogens (tertiary/aromatic N) is 1. The number of ether oxygens (including phenoxy) is 2. The van der Waals surface area contributed by atoms with E-state index in [9.17, 15) is 0 Å². The van der Waals surface area contributed by atoms with Crippen molar-refractivity contribution in [1.29, 1.82) is 0 Å². The average molecular weight is 454 g/mol. The van der Waals surface area contributed by atoms with Gasteiger partial charge in [0.1, 0.15) is 11.5 Å². The highest BCUT2D eigenvalue weighted by Gasteiger charge is 2.29. The summed E-state index contributed by atoms with van der Waals surface area (Å²) >= 11 is 10.0. The van der Waals surface area contributed by atoms with Crippen molar-refractivity contribution >= 4 is 27.5 Å². The molecular formula is C21H26BrClN2O2. The van der Waals surface area contributed by atoms with Crippen molar-refractivity contribution in [2.24, 2.45) is 0 Å². The highest BCUT2D eigenvalue weighted by Crippen LogP contribution is 2.41. The Kier molecular flexibility index (Phi) is 7.41. The van der Waals surface area contributed by atoms with Crippen LogP contribution in [0.1, 0.15) is 30.5 Å². The summed E-state index contributed by atoms with van der Waals surface area (Å²) in [5, 5.41) is 4.19. The zero-order chi connectivity index (χ0) is 19.2. The highest BCUT2D eigenvalue weighted by atomic mass is 79.9. The number of halogens is 2. The van der Waals surface area contributed by atoms with Crippen molar-refractivity contribution in [3.05, 3.63) is 57.0 Å². The Hall–Kier alpha value is -1.27. The number of rotatable bonds is 6. The molecule has 0 radical (unpaired) electrons. The van der Waals surface area contributed by atoms with Gasteiger partial charge in [0, 0.05) is 40.3 Å². The molecule has 0 amide bonds. The van der Waals surface area contributed by atoms with Crippen LogP contribution in [0.15, 0.2) is 40.9 Å². The van der Waals surface area contributed by atoms with Crippen LogP contribution < -0.4 is 14.8 Å². The topological polar surface area (TPSA) is 33.7 Å². The second-order valence-electron chi connectivity index (χ2n) is 6.54. The molecule has 4 nitrogen and oxygen atoms in total. The summed E-state index contributed by atoms with van der Waals surface area (Å²) in [4.78, 5) is 2.48. The van der Waals surface area contributed by atoms with Gasteiger partial charge < -0.3 is 14.8 Å². The summed E-state index contributed by atoms with van der Waals surface area (Å²) in [6.07, 6.45) is 1.09. The van der Waals surface area contributed by atoms with Gasteiger partial charge in [-0.1, -0.05) is 27.5 Å². The van der Waals surface area contributed by atoms with Crippen molar-refractivity contribution in [3.63, 3.8) is 0 Å². The van der Waals surface area contributed by atoms with E-state index in [2.05, 4.69) is 32.2 Å². The van der Waals surface area contributed by atoms with Crippen molar-refractivity contribution in [2.75, 3.05) is 39.9 Å². The molecule has 1 atom stereocenters. The number of nitrogens with one attached hydrogen (secondary N) is 1. The maximum atomic E-state index is 6.38. The van der Waals surface area contributed by atoms with Crippen LogP contribution in [0.2, 0.25) is 5.02 Å². The molecule has 1 saturated heterocycles. The van der Waals surface area contributed by atoms with E-state index in [1.807, 2.05) is 37.3 Å². The third-order valence-corrected chi connectivity index (χ3v) is 5.52. The van der Waals surface area contributed by atoms with E-state index in [1.54, 1.807) is 7.11 Å². The first-order chi connectivity index (χ1) is 13.1. The predicted molar refractivity (Wildman–Crippen MR) is 114 cm³/mol.